The van der Waals surface area contributed by atoms with Gasteiger partial charge in [0.15, 0.2) is 16.8 Å². The topological polar surface area (TPSA) is 224 Å². The van der Waals surface area contributed by atoms with Crippen molar-refractivity contribution >= 4 is 28.8 Å². The van der Waals surface area contributed by atoms with Gasteiger partial charge in [0.2, 0.25) is 5.91 Å². The third-order valence-electron chi connectivity index (χ3n) is 13.2. The molecule has 2 fully saturated rings. The monoisotopic (exact) mass is 815 g/mol. The van der Waals surface area contributed by atoms with Gasteiger partial charge in [0.1, 0.15) is 59.4 Å². The van der Waals surface area contributed by atoms with Crippen LogP contribution in [0.2, 0.25) is 0 Å². The number of amides is 1. The van der Waals surface area contributed by atoms with Crippen LogP contribution in [0.4, 0.5) is 5.69 Å². The molecule has 1 saturated carbocycles. The number of carbonyl (C=O) groups is 1. The quantitative estimate of drug-likeness (QED) is 0.0920. The number of hydrogen-bond acceptors (Lipinski definition) is 14. The number of allylic oxidation sites excluding steroid dienone is 1. The lowest BCUT2D eigenvalue weighted by molar-refractivity contribution is -0.371. The van der Waals surface area contributed by atoms with Crippen molar-refractivity contribution in [2.45, 2.75) is 107 Å². The van der Waals surface area contributed by atoms with Crippen molar-refractivity contribution < 1.29 is 54.4 Å². The van der Waals surface area contributed by atoms with Crippen molar-refractivity contribution in [1.29, 1.82) is 0 Å². The maximum Gasteiger partial charge on any atom is 0.226 e. The number of aryl methyl sites for hydroxylation is 1. The van der Waals surface area contributed by atoms with Gasteiger partial charge in [-0.15, -0.1) is 0 Å². The van der Waals surface area contributed by atoms with Crippen molar-refractivity contribution in [1.82, 2.24) is 5.32 Å². The zero-order valence-corrected chi connectivity index (χ0v) is 33.3. The number of rotatable bonds is 14. The van der Waals surface area contributed by atoms with Gasteiger partial charge < -0.3 is 50.0 Å². The predicted molar refractivity (Wildman–Crippen MR) is 216 cm³/mol. The van der Waals surface area contributed by atoms with E-state index in [-0.39, 0.29) is 35.8 Å². The molecule has 5 aliphatic rings. The minimum atomic E-state index is -2.27. The predicted octanol–water partition coefficient (Wildman–Crippen LogP) is 3.02. The van der Waals surface area contributed by atoms with Gasteiger partial charge in [0.05, 0.1) is 29.6 Å². The Balaban J connectivity index is 1.15. The van der Waals surface area contributed by atoms with Gasteiger partial charge in [-0.1, -0.05) is 31.4 Å². The van der Waals surface area contributed by atoms with Crippen molar-refractivity contribution in [3.05, 3.63) is 87.1 Å². The van der Waals surface area contributed by atoms with E-state index in [9.17, 15) is 40.2 Å². The van der Waals surface area contributed by atoms with E-state index >= 15 is 0 Å². The number of aliphatic imine (C=N–C) groups is 1. The number of phenols is 1. The van der Waals surface area contributed by atoms with E-state index in [0.29, 0.717) is 65.2 Å². The van der Waals surface area contributed by atoms with Gasteiger partial charge >= 0.3 is 0 Å². The van der Waals surface area contributed by atoms with Gasteiger partial charge in [0, 0.05) is 49.0 Å². The molecule has 15 heteroatoms. The summed E-state index contributed by atoms with van der Waals surface area (Å²) < 4.78 is 13.4. The standard InChI is InChI=1S/C44H53N3O12/c1-25-16-33(50)31-17-28-18-35(59-56-24-44(55,40(53)37(52)34(51)23-48)19-26-6-8-30(49)9-7-26)42(2,14-10-29-20-46-41(54)43(29)12-4-3-5-13-43)58-38(28)36(39(31)57-25)47-21-27-11-15-45-32(27)22-47/h6-9,11,15-17,22,29,34-35,37,40,48-49,51-53,55H,3-5,10,12-14,18-21,23-24H2,1-2H3,(H,46,54). The molecule has 316 valence electrons. The number of nitrogens with zero attached hydrogens (tertiary/aromatic N) is 2. The van der Waals surface area contributed by atoms with Crippen LogP contribution in [0.25, 0.3) is 11.0 Å². The molecule has 7 atom stereocenters. The van der Waals surface area contributed by atoms with Crippen LogP contribution in [-0.2, 0) is 27.4 Å². The summed E-state index contributed by atoms with van der Waals surface area (Å²) in [5, 5.41) is 66.9. The third-order valence-corrected chi connectivity index (χ3v) is 13.2. The molecular weight excluding hydrogens is 762 g/mol. The van der Waals surface area contributed by atoms with E-state index in [1.54, 1.807) is 19.2 Å². The van der Waals surface area contributed by atoms with Gasteiger partial charge in [-0.25, -0.2) is 9.78 Å². The van der Waals surface area contributed by atoms with Gasteiger partial charge in [-0.3, -0.25) is 14.6 Å². The number of ether oxygens (including phenoxy) is 1. The molecule has 59 heavy (non-hydrogen) atoms. The molecule has 7 unspecified atom stereocenters. The molecule has 1 saturated heterocycles. The Morgan fingerprint density at radius 1 is 1.10 bits per heavy atom. The Morgan fingerprint density at radius 3 is 2.59 bits per heavy atom. The van der Waals surface area contributed by atoms with E-state index in [1.165, 1.54) is 30.3 Å². The van der Waals surface area contributed by atoms with Gasteiger partial charge in [-0.2, -0.15) is 0 Å². The van der Waals surface area contributed by atoms with E-state index in [0.717, 1.165) is 43.4 Å². The Kier molecular flexibility index (Phi) is 11.2. The summed E-state index contributed by atoms with van der Waals surface area (Å²) in [6.07, 6.45) is 4.64. The minimum Gasteiger partial charge on any atom is -0.508 e. The number of benzene rings is 2. The molecule has 1 aromatic heterocycles. The fraction of sp³-hybridized carbons (Fsp3) is 0.523. The first-order chi connectivity index (χ1) is 28.2. The Labute approximate surface area is 341 Å². The Bertz CT molecular complexity index is 2230. The second kappa shape index (κ2) is 16.1. The maximum absolute atomic E-state index is 13.5. The number of nitrogens with one attached hydrogen (secondary N) is 1. The number of phenolic OH excluding ortho intramolecular Hbond substituents is 1. The fourth-order valence-corrected chi connectivity index (χ4v) is 9.65. The zero-order chi connectivity index (χ0) is 41.7. The van der Waals surface area contributed by atoms with Crippen LogP contribution in [0.1, 0.15) is 68.8 Å². The van der Waals surface area contributed by atoms with E-state index in [4.69, 9.17) is 18.9 Å². The van der Waals surface area contributed by atoms with E-state index < -0.39 is 54.2 Å². The van der Waals surface area contributed by atoms with Crippen LogP contribution in [0, 0.1) is 18.3 Å². The summed E-state index contributed by atoms with van der Waals surface area (Å²) in [6.45, 7) is 3.08. The number of carbonyl (C=O) groups excluding carboxylic acids is 1. The zero-order valence-electron chi connectivity index (χ0n) is 33.3. The normalized spacial score (nSPS) is 25.8. The van der Waals surface area contributed by atoms with E-state index in [2.05, 4.69) is 10.3 Å². The minimum absolute atomic E-state index is 0.0177. The molecule has 8 rings (SSSR count). The number of anilines is 1. The highest BCUT2D eigenvalue weighted by Gasteiger charge is 2.53. The molecule has 0 bridgehead atoms. The molecule has 4 aliphatic heterocycles. The lowest BCUT2D eigenvalue weighted by Gasteiger charge is -2.44. The molecular formula is C44H53N3O12. The van der Waals surface area contributed by atoms with Gasteiger partial charge in [-0.05, 0) is 75.3 Å². The second-order valence-corrected chi connectivity index (χ2v) is 17.2. The van der Waals surface area contributed by atoms with Crippen LogP contribution >= 0.6 is 0 Å². The number of aliphatic hydroxyl groups excluding tert-OH is 4. The van der Waals surface area contributed by atoms with Crippen LogP contribution in [-0.4, -0.2) is 105 Å². The average Bonchev–Trinajstić information content (AvgIpc) is 3.91. The highest BCUT2D eigenvalue weighted by atomic mass is 17.2. The van der Waals surface area contributed by atoms with Gasteiger partial charge in [0.25, 0.3) is 0 Å². The first-order valence-electron chi connectivity index (χ1n) is 20.5. The summed E-state index contributed by atoms with van der Waals surface area (Å²) in [7, 11) is 0. The lowest BCUT2D eigenvalue weighted by Crippen LogP contribution is -2.58. The summed E-state index contributed by atoms with van der Waals surface area (Å²) in [5.74, 6) is 1.07. The molecule has 15 nitrogen and oxygen atoms in total. The molecule has 3 aromatic rings. The number of hydrogen-bond donors (Lipinski definition) is 7. The SMILES string of the molecule is Cc1cc(=O)c2cc3c(c(N4C=C5N=CC=C5C4)c2o1)OC(C)(CCC1CNC(=O)C12CCCCC2)C(OOCC(O)(Cc1ccc(O)cc1)C(O)C(O)C(O)CO)C3. The number of aliphatic hydroxyl groups is 5. The summed E-state index contributed by atoms with van der Waals surface area (Å²) >= 11 is 0. The molecule has 5 heterocycles. The number of aromatic hydroxyl groups is 1. The Morgan fingerprint density at radius 2 is 1.86 bits per heavy atom. The van der Waals surface area contributed by atoms with Crippen LogP contribution in [0.3, 0.4) is 0 Å². The summed E-state index contributed by atoms with van der Waals surface area (Å²) in [4.78, 5) is 45.4. The largest absolute Gasteiger partial charge is 0.508 e. The summed E-state index contributed by atoms with van der Waals surface area (Å²) in [6, 6.07) is 9.04. The smallest absolute Gasteiger partial charge is 0.226 e. The molecule has 1 spiro atoms. The van der Waals surface area contributed by atoms with Crippen LogP contribution in [0.15, 0.2) is 74.1 Å². The molecule has 1 amide bonds. The first-order valence-corrected chi connectivity index (χ1v) is 20.5. The lowest BCUT2D eigenvalue weighted by atomic mass is 9.65. The first kappa shape index (κ1) is 41.1. The Hall–Kier alpha value is -4.61. The second-order valence-electron chi connectivity index (χ2n) is 17.2. The third kappa shape index (κ3) is 7.69. The van der Waals surface area contributed by atoms with Crippen molar-refractivity contribution in [2.75, 3.05) is 31.2 Å². The molecule has 0 radical (unpaired) electrons. The molecule has 7 N–H and O–H groups in total. The van der Waals surface area contributed by atoms with Crippen molar-refractivity contribution in [3.63, 3.8) is 0 Å². The van der Waals surface area contributed by atoms with Crippen LogP contribution in [0.5, 0.6) is 11.5 Å². The highest BCUT2D eigenvalue weighted by molar-refractivity contribution is 5.96. The average molecular weight is 816 g/mol. The fourth-order valence-electron chi connectivity index (χ4n) is 9.65. The van der Waals surface area contributed by atoms with E-state index in [1.807, 2.05) is 24.1 Å². The number of fused-ring (bicyclic) bond motifs is 3. The highest BCUT2D eigenvalue weighted by Crippen LogP contribution is 2.51. The van der Waals surface area contributed by atoms with Crippen molar-refractivity contribution in [3.8, 4) is 11.5 Å². The molecule has 2 aromatic carbocycles. The maximum atomic E-state index is 13.5. The molecule has 1 aliphatic carbocycles. The van der Waals surface area contributed by atoms with Crippen molar-refractivity contribution in [2.24, 2.45) is 16.3 Å². The van der Waals surface area contributed by atoms with Crippen LogP contribution < -0.4 is 20.4 Å². The summed E-state index contributed by atoms with van der Waals surface area (Å²) in [5.41, 5.74) is -0.210.